The van der Waals surface area contributed by atoms with Crippen LogP contribution in [0.5, 0.6) is 0 Å². The quantitative estimate of drug-likeness (QED) is 0.710. The molecule has 0 saturated heterocycles. The van der Waals surface area contributed by atoms with Crippen LogP contribution in [0.25, 0.3) is 0 Å². The van der Waals surface area contributed by atoms with E-state index in [4.69, 9.17) is 9.47 Å². The second kappa shape index (κ2) is 10.2. The van der Waals surface area contributed by atoms with Crippen LogP contribution >= 0.6 is 0 Å². The standard InChI is InChI=1S/C18H30N2O3/c1-18(2,3)23-17(21)19-11-8-12-20(13-14-22-4)15-16-9-6-5-7-10-16/h5-7,9-10H,8,11-15H2,1-4H3,(H,19,21). The zero-order chi connectivity index (χ0) is 17.1. The van der Waals surface area contributed by atoms with Gasteiger partial charge in [-0.2, -0.15) is 0 Å². The number of hydrogen-bond donors (Lipinski definition) is 1. The molecule has 0 unspecified atom stereocenters. The Morgan fingerprint density at radius 3 is 2.48 bits per heavy atom. The Morgan fingerprint density at radius 1 is 1.17 bits per heavy atom. The highest BCUT2D eigenvalue weighted by molar-refractivity contribution is 5.67. The molecule has 1 aromatic carbocycles. The van der Waals surface area contributed by atoms with Crippen molar-refractivity contribution in [1.29, 1.82) is 0 Å². The summed E-state index contributed by atoms with van der Waals surface area (Å²) >= 11 is 0. The number of carbonyl (C=O) groups excluding carboxylic acids is 1. The number of benzene rings is 1. The van der Waals surface area contributed by atoms with Crippen molar-refractivity contribution in [3.8, 4) is 0 Å². The van der Waals surface area contributed by atoms with Crippen LogP contribution in [-0.2, 0) is 16.0 Å². The van der Waals surface area contributed by atoms with Gasteiger partial charge in [0.15, 0.2) is 0 Å². The van der Waals surface area contributed by atoms with E-state index in [1.807, 2.05) is 39.0 Å². The molecule has 1 amide bonds. The lowest BCUT2D eigenvalue weighted by atomic mass is 10.2. The van der Waals surface area contributed by atoms with Crippen molar-refractivity contribution in [3.63, 3.8) is 0 Å². The molecule has 0 aliphatic heterocycles. The fourth-order valence-corrected chi connectivity index (χ4v) is 2.14. The maximum Gasteiger partial charge on any atom is 0.407 e. The summed E-state index contributed by atoms with van der Waals surface area (Å²) in [7, 11) is 1.71. The van der Waals surface area contributed by atoms with Gasteiger partial charge in [-0.3, -0.25) is 4.90 Å². The molecule has 130 valence electrons. The molecule has 0 radical (unpaired) electrons. The first-order chi connectivity index (χ1) is 10.9. The van der Waals surface area contributed by atoms with Crippen molar-refractivity contribution in [2.75, 3.05) is 33.4 Å². The Balaban J connectivity index is 2.32. The minimum Gasteiger partial charge on any atom is -0.444 e. The molecule has 0 atom stereocenters. The lowest BCUT2D eigenvalue weighted by molar-refractivity contribution is 0.0524. The van der Waals surface area contributed by atoms with Crippen molar-refractivity contribution < 1.29 is 14.3 Å². The fourth-order valence-electron chi connectivity index (χ4n) is 2.14. The van der Waals surface area contributed by atoms with Gasteiger partial charge in [-0.05, 0) is 32.8 Å². The van der Waals surface area contributed by atoms with Crippen molar-refractivity contribution in [2.45, 2.75) is 39.3 Å². The van der Waals surface area contributed by atoms with Gasteiger partial charge in [0.2, 0.25) is 0 Å². The lowest BCUT2D eigenvalue weighted by Gasteiger charge is -2.23. The maximum atomic E-state index is 11.6. The molecular weight excluding hydrogens is 292 g/mol. The van der Waals surface area contributed by atoms with E-state index in [9.17, 15) is 4.79 Å². The van der Waals surface area contributed by atoms with Gasteiger partial charge in [0.25, 0.3) is 0 Å². The molecule has 0 bridgehead atoms. The largest absolute Gasteiger partial charge is 0.444 e. The van der Waals surface area contributed by atoms with E-state index in [2.05, 4.69) is 22.3 Å². The molecule has 0 aliphatic rings. The average molecular weight is 322 g/mol. The summed E-state index contributed by atoms with van der Waals surface area (Å²) in [6, 6.07) is 10.4. The van der Waals surface area contributed by atoms with E-state index in [1.165, 1.54) is 5.56 Å². The van der Waals surface area contributed by atoms with Crippen LogP contribution in [0.3, 0.4) is 0 Å². The van der Waals surface area contributed by atoms with Crippen LogP contribution in [0.1, 0.15) is 32.8 Å². The number of carbonyl (C=O) groups is 1. The van der Waals surface area contributed by atoms with Crippen LogP contribution in [0.15, 0.2) is 30.3 Å². The minimum absolute atomic E-state index is 0.357. The number of alkyl carbamates (subject to hydrolysis) is 1. The molecular formula is C18H30N2O3. The van der Waals surface area contributed by atoms with Crippen molar-refractivity contribution in [2.24, 2.45) is 0 Å². The Morgan fingerprint density at radius 2 is 1.87 bits per heavy atom. The fraction of sp³-hybridized carbons (Fsp3) is 0.611. The van der Waals surface area contributed by atoms with Gasteiger partial charge in [-0.1, -0.05) is 30.3 Å². The highest BCUT2D eigenvalue weighted by Crippen LogP contribution is 2.07. The van der Waals surface area contributed by atoms with Crippen LogP contribution in [-0.4, -0.2) is 49.9 Å². The molecule has 5 heteroatoms. The van der Waals surface area contributed by atoms with Crippen molar-refractivity contribution in [1.82, 2.24) is 10.2 Å². The Labute approximate surface area is 140 Å². The second-order valence-corrected chi connectivity index (χ2v) is 6.54. The monoisotopic (exact) mass is 322 g/mol. The summed E-state index contributed by atoms with van der Waals surface area (Å²) < 4.78 is 10.4. The van der Waals surface area contributed by atoms with Gasteiger partial charge in [0.1, 0.15) is 5.60 Å². The molecule has 0 spiro atoms. The first-order valence-corrected chi connectivity index (χ1v) is 8.13. The first-order valence-electron chi connectivity index (χ1n) is 8.13. The van der Waals surface area contributed by atoms with E-state index in [1.54, 1.807) is 7.11 Å². The summed E-state index contributed by atoms with van der Waals surface area (Å²) in [6.45, 7) is 9.54. The number of nitrogens with zero attached hydrogens (tertiary/aromatic N) is 1. The molecule has 0 aliphatic carbocycles. The average Bonchev–Trinajstić information content (AvgIpc) is 2.48. The molecule has 1 aromatic rings. The van der Waals surface area contributed by atoms with Gasteiger partial charge < -0.3 is 14.8 Å². The van der Waals surface area contributed by atoms with Crippen molar-refractivity contribution in [3.05, 3.63) is 35.9 Å². The number of amides is 1. The lowest BCUT2D eigenvalue weighted by Crippen LogP contribution is -2.35. The van der Waals surface area contributed by atoms with E-state index >= 15 is 0 Å². The minimum atomic E-state index is -0.456. The molecule has 1 N–H and O–H groups in total. The van der Waals surface area contributed by atoms with E-state index < -0.39 is 5.60 Å². The number of ether oxygens (including phenoxy) is 2. The van der Waals surface area contributed by atoms with E-state index in [-0.39, 0.29) is 6.09 Å². The molecule has 23 heavy (non-hydrogen) atoms. The third-order valence-electron chi connectivity index (χ3n) is 3.18. The van der Waals surface area contributed by atoms with Gasteiger partial charge in [-0.15, -0.1) is 0 Å². The Kier molecular flexibility index (Phi) is 8.66. The van der Waals surface area contributed by atoms with Gasteiger partial charge >= 0.3 is 6.09 Å². The number of rotatable bonds is 9. The molecule has 0 saturated carbocycles. The summed E-state index contributed by atoms with van der Waals surface area (Å²) in [5.41, 5.74) is 0.825. The van der Waals surface area contributed by atoms with Gasteiger partial charge in [0, 0.05) is 33.3 Å². The normalized spacial score (nSPS) is 11.5. The predicted octanol–water partition coefficient (Wildman–Crippen LogP) is 3.05. The Bertz CT molecular complexity index is 443. The Hall–Kier alpha value is -1.59. The van der Waals surface area contributed by atoms with Crippen molar-refractivity contribution >= 4 is 6.09 Å². The molecule has 1 rings (SSSR count). The van der Waals surface area contributed by atoms with Crippen LogP contribution in [0, 0.1) is 0 Å². The summed E-state index contributed by atoms with van der Waals surface area (Å²) in [5.74, 6) is 0. The van der Waals surface area contributed by atoms with Crippen LogP contribution in [0.4, 0.5) is 4.79 Å². The van der Waals surface area contributed by atoms with Gasteiger partial charge in [-0.25, -0.2) is 4.79 Å². The maximum absolute atomic E-state index is 11.6. The molecule has 0 fully saturated rings. The highest BCUT2D eigenvalue weighted by atomic mass is 16.6. The van der Waals surface area contributed by atoms with Gasteiger partial charge in [0.05, 0.1) is 6.61 Å². The summed E-state index contributed by atoms with van der Waals surface area (Å²) in [5, 5.41) is 2.80. The summed E-state index contributed by atoms with van der Waals surface area (Å²) in [4.78, 5) is 13.9. The highest BCUT2D eigenvalue weighted by Gasteiger charge is 2.15. The molecule has 5 nitrogen and oxygen atoms in total. The third kappa shape index (κ3) is 9.92. The van der Waals surface area contributed by atoms with E-state index in [0.717, 1.165) is 26.1 Å². The first kappa shape index (κ1) is 19.5. The topological polar surface area (TPSA) is 50.8 Å². The SMILES string of the molecule is COCCN(CCCNC(=O)OC(C)(C)C)Cc1ccccc1. The zero-order valence-corrected chi connectivity index (χ0v) is 14.8. The smallest absolute Gasteiger partial charge is 0.407 e. The summed E-state index contributed by atoms with van der Waals surface area (Å²) in [6.07, 6.45) is 0.513. The second-order valence-electron chi connectivity index (χ2n) is 6.54. The van der Waals surface area contributed by atoms with Crippen LogP contribution in [0.2, 0.25) is 0 Å². The zero-order valence-electron chi connectivity index (χ0n) is 14.8. The van der Waals surface area contributed by atoms with Crippen LogP contribution < -0.4 is 5.32 Å². The number of nitrogens with one attached hydrogen (secondary N) is 1. The number of hydrogen-bond acceptors (Lipinski definition) is 4. The molecule has 0 aromatic heterocycles. The molecule has 0 heterocycles. The predicted molar refractivity (Wildman–Crippen MR) is 92.4 cm³/mol. The third-order valence-corrected chi connectivity index (χ3v) is 3.18. The van der Waals surface area contributed by atoms with E-state index in [0.29, 0.717) is 13.2 Å². The number of methoxy groups -OCH3 is 1.